The molecule has 35 heavy (non-hydrogen) atoms. The van der Waals surface area contributed by atoms with Crippen molar-refractivity contribution in [2.24, 2.45) is 5.10 Å². The highest BCUT2D eigenvalue weighted by atomic mass is 35.5. The molecule has 0 bridgehead atoms. The number of aromatic nitrogens is 1. The summed E-state index contributed by atoms with van der Waals surface area (Å²) >= 11 is 6.52. The molecule has 1 amide bonds. The fourth-order valence-electron chi connectivity index (χ4n) is 4.36. The Morgan fingerprint density at radius 1 is 1.34 bits per heavy atom. The number of amidine groups is 1. The summed E-state index contributed by atoms with van der Waals surface area (Å²) in [4.78, 5) is 19.8. The van der Waals surface area contributed by atoms with E-state index in [9.17, 15) is 4.79 Å². The van der Waals surface area contributed by atoms with E-state index in [4.69, 9.17) is 26.4 Å². The zero-order valence-corrected chi connectivity index (χ0v) is 21.5. The Labute approximate surface area is 212 Å². The monoisotopic (exact) mass is 493 g/mol. The number of amides is 1. The van der Waals surface area contributed by atoms with Crippen molar-refractivity contribution >= 4 is 28.9 Å². The standard InChI is InChI=1S/C27H32ClN5O2/c1-5-7-9-21-12-18(3)27(31-33(21)26(34)8-6-2)32-11-10-24-20(17-32)13-19(15-29-24)22-14-25(35-4)30-16-23(22)28/h6,8-9,12-15,30H,5,7,10-11,16-17H2,1-4H3/b8-6-,21-9+. The van der Waals surface area contributed by atoms with Crippen molar-refractivity contribution in [3.8, 4) is 0 Å². The van der Waals surface area contributed by atoms with Gasteiger partial charge in [0.2, 0.25) is 0 Å². The van der Waals surface area contributed by atoms with Gasteiger partial charge in [-0.05, 0) is 43.5 Å². The van der Waals surface area contributed by atoms with Gasteiger partial charge < -0.3 is 15.0 Å². The van der Waals surface area contributed by atoms with Crippen LogP contribution in [0.4, 0.5) is 0 Å². The lowest BCUT2D eigenvalue weighted by atomic mass is 9.98. The van der Waals surface area contributed by atoms with Crippen LogP contribution >= 0.6 is 11.6 Å². The van der Waals surface area contributed by atoms with Crippen LogP contribution in [0.15, 0.2) is 69.9 Å². The predicted molar refractivity (Wildman–Crippen MR) is 140 cm³/mol. The number of halogens is 1. The minimum atomic E-state index is -0.148. The Balaban J connectivity index is 1.64. The smallest absolute Gasteiger partial charge is 0.271 e. The average molecular weight is 494 g/mol. The van der Waals surface area contributed by atoms with E-state index in [1.54, 1.807) is 19.3 Å². The number of carbonyl (C=O) groups is 1. The van der Waals surface area contributed by atoms with Crippen LogP contribution in [-0.4, -0.2) is 46.8 Å². The Morgan fingerprint density at radius 3 is 2.91 bits per heavy atom. The normalized spacial score (nSPS) is 19.3. The molecule has 8 heteroatoms. The fourth-order valence-corrected chi connectivity index (χ4v) is 4.59. The molecule has 4 rings (SSSR count). The maximum Gasteiger partial charge on any atom is 0.271 e. The second kappa shape index (κ2) is 11.0. The molecule has 0 saturated carbocycles. The molecule has 7 nitrogen and oxygen atoms in total. The van der Waals surface area contributed by atoms with Crippen molar-refractivity contribution in [3.63, 3.8) is 0 Å². The number of allylic oxidation sites excluding steroid dienone is 5. The van der Waals surface area contributed by atoms with Crippen molar-refractivity contribution in [1.29, 1.82) is 0 Å². The molecule has 0 atom stereocenters. The summed E-state index contributed by atoms with van der Waals surface area (Å²) in [5.41, 5.74) is 5.95. The van der Waals surface area contributed by atoms with Crippen molar-refractivity contribution in [2.45, 2.75) is 46.6 Å². The fraction of sp³-hybridized carbons (Fsp3) is 0.370. The van der Waals surface area contributed by atoms with Gasteiger partial charge in [-0.15, -0.1) is 5.10 Å². The van der Waals surface area contributed by atoms with Crippen LogP contribution in [0.1, 0.15) is 50.4 Å². The second-order valence-corrected chi connectivity index (χ2v) is 9.16. The summed E-state index contributed by atoms with van der Waals surface area (Å²) < 4.78 is 5.36. The molecule has 4 heterocycles. The number of hydrazone groups is 1. The SMILES string of the molecule is C/C=C\C(=O)N1N=C(N2CCc3ncc(C4=C(Cl)CNC(OC)=C4)cc3C2)C(C)=C/C1=C\CCC. The topological polar surface area (TPSA) is 70.1 Å². The van der Waals surface area contributed by atoms with Gasteiger partial charge in [0.1, 0.15) is 0 Å². The van der Waals surface area contributed by atoms with E-state index in [0.29, 0.717) is 19.0 Å². The van der Waals surface area contributed by atoms with E-state index >= 15 is 0 Å². The molecule has 1 aromatic rings. The highest BCUT2D eigenvalue weighted by Gasteiger charge is 2.27. The number of nitrogens with zero attached hydrogens (tertiary/aromatic N) is 4. The van der Waals surface area contributed by atoms with Gasteiger partial charge in [-0.3, -0.25) is 9.78 Å². The van der Waals surface area contributed by atoms with Crippen molar-refractivity contribution in [2.75, 3.05) is 20.2 Å². The molecule has 0 unspecified atom stereocenters. The van der Waals surface area contributed by atoms with Gasteiger partial charge in [-0.25, -0.2) is 0 Å². The Bertz CT molecular complexity index is 1190. The van der Waals surface area contributed by atoms with Crippen molar-refractivity contribution in [1.82, 2.24) is 20.2 Å². The lowest BCUT2D eigenvalue weighted by Gasteiger charge is -2.34. The Morgan fingerprint density at radius 2 is 2.17 bits per heavy atom. The third-order valence-electron chi connectivity index (χ3n) is 6.17. The third-order valence-corrected chi connectivity index (χ3v) is 6.51. The highest BCUT2D eigenvalue weighted by molar-refractivity contribution is 6.33. The molecule has 0 spiro atoms. The molecule has 0 radical (unpaired) electrons. The first-order valence-electron chi connectivity index (χ1n) is 12.0. The van der Waals surface area contributed by atoms with Crippen LogP contribution in [-0.2, 0) is 22.5 Å². The average Bonchev–Trinajstić information content (AvgIpc) is 2.87. The van der Waals surface area contributed by atoms with E-state index in [1.807, 2.05) is 19.2 Å². The lowest BCUT2D eigenvalue weighted by molar-refractivity contribution is -0.124. The van der Waals surface area contributed by atoms with E-state index in [1.165, 1.54) is 5.01 Å². The van der Waals surface area contributed by atoms with Gasteiger partial charge in [0, 0.05) is 59.7 Å². The minimum Gasteiger partial charge on any atom is -0.482 e. The number of methoxy groups -OCH3 is 1. The van der Waals surface area contributed by atoms with Crippen LogP contribution in [0.3, 0.4) is 0 Å². The number of hydrogen-bond donors (Lipinski definition) is 1. The number of carbonyl (C=O) groups excluding carboxylic acids is 1. The van der Waals surface area contributed by atoms with Gasteiger partial charge in [0.15, 0.2) is 11.7 Å². The summed E-state index contributed by atoms with van der Waals surface area (Å²) in [6.07, 6.45) is 13.9. The third kappa shape index (κ3) is 5.35. The molecular formula is C27H32ClN5O2. The number of dihydropyridines is 1. The van der Waals surface area contributed by atoms with E-state index < -0.39 is 0 Å². The maximum atomic E-state index is 12.8. The largest absolute Gasteiger partial charge is 0.482 e. The van der Waals surface area contributed by atoms with Gasteiger partial charge in [-0.1, -0.05) is 37.1 Å². The summed E-state index contributed by atoms with van der Waals surface area (Å²) in [6, 6.07) is 2.15. The van der Waals surface area contributed by atoms with Gasteiger partial charge in [0.05, 0.1) is 19.4 Å². The van der Waals surface area contributed by atoms with Crippen LogP contribution < -0.4 is 5.32 Å². The number of hydrogen-bond acceptors (Lipinski definition) is 6. The van der Waals surface area contributed by atoms with Crippen LogP contribution in [0.2, 0.25) is 0 Å². The first-order valence-corrected chi connectivity index (χ1v) is 12.4. The van der Waals surface area contributed by atoms with E-state index in [2.05, 4.69) is 42.3 Å². The first kappa shape index (κ1) is 24.8. The summed E-state index contributed by atoms with van der Waals surface area (Å²) in [7, 11) is 1.63. The summed E-state index contributed by atoms with van der Waals surface area (Å²) in [5.74, 6) is 1.35. The quantitative estimate of drug-likeness (QED) is 0.594. The second-order valence-electron chi connectivity index (χ2n) is 8.70. The van der Waals surface area contributed by atoms with Crippen molar-refractivity contribution in [3.05, 3.63) is 81.6 Å². The van der Waals surface area contributed by atoms with Crippen LogP contribution in [0.5, 0.6) is 0 Å². The number of nitrogens with one attached hydrogen (secondary N) is 1. The van der Waals surface area contributed by atoms with Crippen LogP contribution in [0, 0.1) is 0 Å². The van der Waals surface area contributed by atoms with Gasteiger partial charge in [-0.2, -0.15) is 5.01 Å². The zero-order valence-electron chi connectivity index (χ0n) is 20.8. The molecule has 0 aromatic carbocycles. The predicted octanol–water partition coefficient (Wildman–Crippen LogP) is 4.84. The van der Waals surface area contributed by atoms with Gasteiger partial charge in [0.25, 0.3) is 5.91 Å². The Hall–Kier alpha value is -3.32. The molecule has 0 fully saturated rings. The number of pyridine rings is 1. The first-order chi connectivity index (χ1) is 16.9. The number of rotatable bonds is 5. The zero-order chi connectivity index (χ0) is 24.9. The number of unbranched alkanes of at least 4 members (excludes halogenated alkanes) is 1. The summed E-state index contributed by atoms with van der Waals surface area (Å²) in [6.45, 7) is 7.97. The van der Waals surface area contributed by atoms with E-state index in [-0.39, 0.29) is 5.91 Å². The van der Waals surface area contributed by atoms with E-state index in [0.717, 1.165) is 70.3 Å². The molecule has 184 valence electrons. The summed E-state index contributed by atoms with van der Waals surface area (Å²) in [5, 5.41) is 10.2. The molecule has 3 aliphatic rings. The Kier molecular flexibility index (Phi) is 7.76. The lowest BCUT2D eigenvalue weighted by Crippen LogP contribution is -2.41. The van der Waals surface area contributed by atoms with Gasteiger partial charge >= 0.3 is 0 Å². The molecule has 3 aliphatic heterocycles. The molecule has 0 saturated heterocycles. The highest BCUT2D eigenvalue weighted by Crippen LogP contribution is 2.30. The molecule has 1 aromatic heterocycles. The molecular weight excluding hydrogens is 462 g/mol. The van der Waals surface area contributed by atoms with Crippen molar-refractivity contribution < 1.29 is 9.53 Å². The number of fused-ring (bicyclic) bond motifs is 1. The number of ether oxygens (including phenoxy) is 1. The molecule has 0 aliphatic carbocycles. The molecule has 1 N–H and O–H groups in total. The maximum absolute atomic E-state index is 12.8. The minimum absolute atomic E-state index is 0.148. The van der Waals surface area contributed by atoms with Crippen LogP contribution in [0.25, 0.3) is 5.57 Å².